The van der Waals surface area contributed by atoms with Crippen LogP contribution in [0.15, 0.2) is 64.2 Å². The third-order valence-electron chi connectivity index (χ3n) is 4.39. The highest BCUT2D eigenvalue weighted by atomic mass is 32.2. The number of nitrogens with zero attached hydrogens (tertiary/aromatic N) is 3. The summed E-state index contributed by atoms with van der Waals surface area (Å²) in [6.45, 7) is 6.53. The number of carbonyl (C=O) groups excluding carboxylic acids is 1. The summed E-state index contributed by atoms with van der Waals surface area (Å²) in [5.41, 5.74) is 3.10. The van der Waals surface area contributed by atoms with Crippen molar-refractivity contribution in [1.29, 1.82) is 0 Å². The number of carbonyl (C=O) groups is 1. The summed E-state index contributed by atoms with van der Waals surface area (Å²) in [6, 6.07) is 17.8. The van der Waals surface area contributed by atoms with E-state index in [-0.39, 0.29) is 11.3 Å². The summed E-state index contributed by atoms with van der Waals surface area (Å²) in [6.07, 6.45) is 0. The SMILES string of the molecule is CN(C)C(=O)[C@H](Sc1nnc(-c2ccc(C(C)(C)C)cc2)o1)c1ccccc1. The second-order valence-electron chi connectivity index (χ2n) is 7.84. The van der Waals surface area contributed by atoms with E-state index < -0.39 is 5.25 Å². The van der Waals surface area contributed by atoms with Crippen LogP contribution in [-0.2, 0) is 10.2 Å². The molecule has 0 aliphatic heterocycles. The molecule has 3 aromatic rings. The fraction of sp³-hybridized carbons (Fsp3) is 0.318. The maximum atomic E-state index is 12.7. The standard InChI is InChI=1S/C22H25N3O2S/c1-22(2,3)17-13-11-16(12-14-17)19-23-24-21(27-19)28-18(20(26)25(4)5)15-9-7-6-8-10-15/h6-14,18H,1-5H3/t18-/m1/s1. The zero-order chi connectivity index (χ0) is 20.3. The molecule has 1 atom stereocenters. The molecule has 0 spiro atoms. The highest BCUT2D eigenvalue weighted by Crippen LogP contribution is 2.37. The molecular formula is C22H25N3O2S. The monoisotopic (exact) mass is 395 g/mol. The van der Waals surface area contributed by atoms with Crippen LogP contribution in [0.5, 0.6) is 0 Å². The number of aromatic nitrogens is 2. The van der Waals surface area contributed by atoms with Gasteiger partial charge in [-0.3, -0.25) is 4.79 Å². The van der Waals surface area contributed by atoms with Crippen molar-refractivity contribution in [3.63, 3.8) is 0 Å². The van der Waals surface area contributed by atoms with Gasteiger partial charge in [0.2, 0.25) is 11.8 Å². The van der Waals surface area contributed by atoms with Crippen molar-refractivity contribution in [2.24, 2.45) is 0 Å². The Balaban J connectivity index is 1.83. The van der Waals surface area contributed by atoms with Crippen molar-refractivity contribution < 1.29 is 9.21 Å². The molecule has 5 nitrogen and oxygen atoms in total. The van der Waals surface area contributed by atoms with E-state index in [4.69, 9.17) is 4.42 Å². The predicted octanol–water partition coefficient (Wildman–Crippen LogP) is 4.96. The van der Waals surface area contributed by atoms with Gasteiger partial charge in [0.05, 0.1) is 0 Å². The van der Waals surface area contributed by atoms with Gasteiger partial charge in [-0.1, -0.05) is 63.2 Å². The van der Waals surface area contributed by atoms with Crippen LogP contribution in [0.4, 0.5) is 0 Å². The minimum atomic E-state index is -0.437. The molecule has 1 amide bonds. The van der Waals surface area contributed by atoms with Gasteiger partial charge in [-0.05, 0) is 40.4 Å². The van der Waals surface area contributed by atoms with Crippen LogP contribution in [-0.4, -0.2) is 35.1 Å². The van der Waals surface area contributed by atoms with Gasteiger partial charge in [0.25, 0.3) is 5.22 Å². The Kier molecular flexibility index (Phi) is 5.89. The smallest absolute Gasteiger partial charge is 0.277 e. The van der Waals surface area contributed by atoms with Gasteiger partial charge in [0, 0.05) is 19.7 Å². The quantitative estimate of drug-likeness (QED) is 0.572. The maximum Gasteiger partial charge on any atom is 0.277 e. The maximum absolute atomic E-state index is 12.7. The number of benzene rings is 2. The van der Waals surface area contributed by atoms with E-state index in [1.54, 1.807) is 19.0 Å². The van der Waals surface area contributed by atoms with Crippen molar-refractivity contribution in [2.45, 2.75) is 36.7 Å². The number of likely N-dealkylation sites (N-methyl/N-ethyl adjacent to an activating group) is 1. The van der Waals surface area contributed by atoms with Gasteiger partial charge in [-0.2, -0.15) is 0 Å². The van der Waals surface area contributed by atoms with E-state index in [9.17, 15) is 4.79 Å². The van der Waals surface area contributed by atoms with E-state index in [1.165, 1.54) is 17.3 Å². The minimum absolute atomic E-state index is 0.0227. The fourth-order valence-corrected chi connectivity index (χ4v) is 3.73. The molecule has 1 heterocycles. The highest BCUT2D eigenvalue weighted by molar-refractivity contribution is 8.00. The van der Waals surface area contributed by atoms with Gasteiger partial charge >= 0.3 is 0 Å². The van der Waals surface area contributed by atoms with Gasteiger partial charge in [0.1, 0.15) is 5.25 Å². The summed E-state index contributed by atoms with van der Waals surface area (Å²) in [4.78, 5) is 14.2. The Hall–Kier alpha value is -2.60. The first-order chi connectivity index (χ1) is 13.3. The largest absolute Gasteiger partial charge is 0.411 e. The molecule has 0 N–H and O–H groups in total. The Labute approximate surface area is 170 Å². The Morgan fingerprint density at radius 1 is 1.00 bits per heavy atom. The molecule has 0 unspecified atom stereocenters. The van der Waals surface area contributed by atoms with E-state index in [0.717, 1.165) is 11.1 Å². The fourth-order valence-electron chi connectivity index (χ4n) is 2.71. The van der Waals surface area contributed by atoms with E-state index in [2.05, 4.69) is 43.1 Å². The molecule has 28 heavy (non-hydrogen) atoms. The van der Waals surface area contributed by atoms with Crippen LogP contribution < -0.4 is 0 Å². The average molecular weight is 396 g/mol. The lowest BCUT2D eigenvalue weighted by atomic mass is 9.87. The molecular weight excluding hydrogens is 370 g/mol. The number of amides is 1. The Morgan fingerprint density at radius 3 is 2.21 bits per heavy atom. The van der Waals surface area contributed by atoms with Crippen molar-refractivity contribution in [3.8, 4) is 11.5 Å². The zero-order valence-corrected chi connectivity index (χ0v) is 17.7. The van der Waals surface area contributed by atoms with Crippen LogP contribution >= 0.6 is 11.8 Å². The van der Waals surface area contributed by atoms with Crippen LogP contribution in [0, 0.1) is 0 Å². The number of hydrogen-bond acceptors (Lipinski definition) is 5. The van der Waals surface area contributed by atoms with Crippen molar-refractivity contribution in [2.75, 3.05) is 14.1 Å². The Bertz CT molecular complexity index is 928. The molecule has 2 aromatic carbocycles. The lowest BCUT2D eigenvalue weighted by Gasteiger charge is -2.19. The second-order valence-corrected chi connectivity index (χ2v) is 8.90. The lowest BCUT2D eigenvalue weighted by Crippen LogP contribution is -2.26. The molecule has 0 fully saturated rings. The van der Waals surface area contributed by atoms with Crippen molar-refractivity contribution in [1.82, 2.24) is 15.1 Å². The number of rotatable bonds is 5. The first-order valence-corrected chi connectivity index (χ1v) is 10.0. The molecule has 3 rings (SSSR count). The number of thioether (sulfide) groups is 1. The normalized spacial score (nSPS) is 12.6. The molecule has 146 valence electrons. The second kappa shape index (κ2) is 8.19. The van der Waals surface area contributed by atoms with Crippen LogP contribution in [0.2, 0.25) is 0 Å². The first-order valence-electron chi connectivity index (χ1n) is 9.13. The van der Waals surface area contributed by atoms with Crippen molar-refractivity contribution >= 4 is 17.7 Å². The Morgan fingerprint density at radius 2 is 1.64 bits per heavy atom. The van der Waals surface area contributed by atoms with Crippen LogP contribution in [0.1, 0.15) is 37.1 Å². The zero-order valence-electron chi connectivity index (χ0n) is 16.8. The van der Waals surface area contributed by atoms with Crippen molar-refractivity contribution in [3.05, 3.63) is 65.7 Å². The summed E-state index contributed by atoms with van der Waals surface area (Å²) in [5.74, 6) is 0.428. The van der Waals surface area contributed by atoms with Crippen LogP contribution in [0.3, 0.4) is 0 Å². The molecule has 0 bridgehead atoms. The number of hydrogen-bond donors (Lipinski definition) is 0. The third-order valence-corrected chi connectivity index (χ3v) is 5.47. The summed E-state index contributed by atoms with van der Waals surface area (Å²) in [5, 5.41) is 8.25. The molecule has 6 heteroatoms. The van der Waals surface area contributed by atoms with Crippen LogP contribution in [0.25, 0.3) is 11.5 Å². The first kappa shape index (κ1) is 20.1. The molecule has 0 aliphatic rings. The van der Waals surface area contributed by atoms with Gasteiger partial charge in [-0.25, -0.2) is 0 Å². The molecule has 1 aromatic heterocycles. The molecule has 0 radical (unpaired) electrons. The highest BCUT2D eigenvalue weighted by Gasteiger charge is 2.26. The minimum Gasteiger partial charge on any atom is -0.411 e. The summed E-state index contributed by atoms with van der Waals surface area (Å²) in [7, 11) is 3.49. The predicted molar refractivity (Wildman–Crippen MR) is 112 cm³/mol. The molecule has 0 aliphatic carbocycles. The van der Waals surface area contributed by atoms with E-state index in [0.29, 0.717) is 11.1 Å². The van der Waals surface area contributed by atoms with Gasteiger partial charge in [0.15, 0.2) is 0 Å². The molecule has 0 saturated heterocycles. The average Bonchev–Trinajstić information content (AvgIpc) is 3.14. The summed E-state index contributed by atoms with van der Waals surface area (Å²) >= 11 is 1.27. The third kappa shape index (κ3) is 4.62. The van der Waals surface area contributed by atoms with Gasteiger partial charge < -0.3 is 9.32 Å². The molecule has 0 saturated carbocycles. The van der Waals surface area contributed by atoms with E-state index in [1.807, 2.05) is 42.5 Å². The van der Waals surface area contributed by atoms with Gasteiger partial charge in [-0.15, -0.1) is 10.2 Å². The topological polar surface area (TPSA) is 59.2 Å². The lowest BCUT2D eigenvalue weighted by molar-refractivity contribution is -0.128. The van der Waals surface area contributed by atoms with E-state index >= 15 is 0 Å². The summed E-state index contributed by atoms with van der Waals surface area (Å²) < 4.78 is 5.85.